The molecule has 1 aliphatic carbocycles. The lowest BCUT2D eigenvalue weighted by molar-refractivity contribution is -0.162. The van der Waals surface area contributed by atoms with Crippen LogP contribution in [0.2, 0.25) is 0 Å². The minimum Gasteiger partial charge on any atom is -0.456 e. The van der Waals surface area contributed by atoms with Gasteiger partial charge in [0, 0.05) is 6.08 Å². The molecule has 0 spiro atoms. The minimum absolute atomic E-state index is 0.242. The Kier molecular flexibility index (Phi) is 4.17. The van der Waals surface area contributed by atoms with E-state index in [0.29, 0.717) is 5.41 Å². The van der Waals surface area contributed by atoms with Crippen LogP contribution in [0.3, 0.4) is 0 Å². The lowest BCUT2D eigenvalue weighted by atomic mass is 9.66. The first-order valence-corrected chi connectivity index (χ1v) is 6.34. The molecule has 0 aromatic rings. The zero-order valence-electron chi connectivity index (χ0n) is 10.8. The van der Waals surface area contributed by atoms with E-state index in [0.717, 1.165) is 32.1 Å². The Bertz CT molecular complexity index is 272. The van der Waals surface area contributed by atoms with Gasteiger partial charge in [-0.2, -0.15) is 0 Å². The second-order valence-electron chi connectivity index (χ2n) is 5.36. The maximum absolute atomic E-state index is 11.4. The van der Waals surface area contributed by atoms with Gasteiger partial charge in [-0.1, -0.05) is 33.8 Å². The van der Waals surface area contributed by atoms with Crippen molar-refractivity contribution in [3.63, 3.8) is 0 Å². The van der Waals surface area contributed by atoms with Gasteiger partial charge >= 0.3 is 5.97 Å². The molecule has 0 radical (unpaired) electrons. The van der Waals surface area contributed by atoms with E-state index in [1.165, 1.54) is 12.5 Å². The van der Waals surface area contributed by atoms with Crippen LogP contribution in [0, 0.1) is 5.41 Å². The summed E-state index contributed by atoms with van der Waals surface area (Å²) in [6.07, 6.45) is 7.72. The van der Waals surface area contributed by atoms with Crippen LogP contribution in [0.5, 0.6) is 0 Å². The van der Waals surface area contributed by atoms with Gasteiger partial charge in [-0.25, -0.2) is 4.79 Å². The molecule has 0 bridgehead atoms. The van der Waals surface area contributed by atoms with Crippen LogP contribution in [-0.2, 0) is 9.53 Å². The van der Waals surface area contributed by atoms with Crippen molar-refractivity contribution in [2.24, 2.45) is 5.41 Å². The molecule has 0 saturated heterocycles. The van der Waals surface area contributed by atoms with Crippen LogP contribution in [0.15, 0.2) is 12.7 Å². The molecule has 1 fully saturated rings. The summed E-state index contributed by atoms with van der Waals surface area (Å²) in [5.74, 6) is -0.276. The Morgan fingerprint density at radius 2 is 2.06 bits per heavy atom. The summed E-state index contributed by atoms with van der Waals surface area (Å²) in [6, 6.07) is 0. The lowest BCUT2D eigenvalue weighted by Crippen LogP contribution is -2.43. The number of esters is 1. The van der Waals surface area contributed by atoms with Crippen molar-refractivity contribution in [2.45, 2.75) is 64.9 Å². The van der Waals surface area contributed by atoms with E-state index in [4.69, 9.17) is 4.74 Å². The molecule has 2 heteroatoms. The molecule has 1 aliphatic rings. The van der Waals surface area contributed by atoms with Gasteiger partial charge in [0.2, 0.25) is 0 Å². The number of carbonyl (C=O) groups excluding carboxylic acids is 1. The molecule has 0 N–H and O–H groups in total. The third kappa shape index (κ3) is 2.87. The van der Waals surface area contributed by atoms with E-state index in [-0.39, 0.29) is 11.6 Å². The number of carbonyl (C=O) groups is 1. The first kappa shape index (κ1) is 13.3. The van der Waals surface area contributed by atoms with Crippen molar-refractivity contribution < 1.29 is 9.53 Å². The van der Waals surface area contributed by atoms with Gasteiger partial charge in [-0.15, -0.1) is 0 Å². The van der Waals surface area contributed by atoms with Crippen molar-refractivity contribution in [3.05, 3.63) is 12.7 Å². The van der Waals surface area contributed by atoms with Gasteiger partial charge in [0.25, 0.3) is 0 Å². The highest BCUT2D eigenvalue weighted by Gasteiger charge is 2.42. The van der Waals surface area contributed by atoms with E-state index in [1.54, 1.807) is 0 Å². The highest BCUT2D eigenvalue weighted by Crippen LogP contribution is 2.46. The molecule has 0 aromatic carbocycles. The van der Waals surface area contributed by atoms with Gasteiger partial charge in [0.15, 0.2) is 0 Å². The molecule has 1 saturated carbocycles. The Morgan fingerprint density at radius 3 is 2.56 bits per heavy atom. The lowest BCUT2D eigenvalue weighted by Gasteiger charge is -2.45. The summed E-state index contributed by atoms with van der Waals surface area (Å²) < 4.78 is 5.62. The van der Waals surface area contributed by atoms with Crippen LogP contribution >= 0.6 is 0 Å². The molecular formula is C14H24O2. The van der Waals surface area contributed by atoms with Gasteiger partial charge in [-0.3, -0.25) is 0 Å². The Hall–Kier alpha value is -0.790. The van der Waals surface area contributed by atoms with Crippen molar-refractivity contribution in [1.82, 2.24) is 0 Å². The zero-order chi connectivity index (χ0) is 12.2. The average molecular weight is 224 g/mol. The van der Waals surface area contributed by atoms with Crippen LogP contribution < -0.4 is 0 Å². The first-order chi connectivity index (χ1) is 7.49. The monoisotopic (exact) mass is 224 g/mol. The zero-order valence-corrected chi connectivity index (χ0v) is 10.8. The molecule has 92 valence electrons. The number of hydrogen-bond donors (Lipinski definition) is 0. The van der Waals surface area contributed by atoms with Crippen molar-refractivity contribution in [2.75, 3.05) is 0 Å². The quantitative estimate of drug-likeness (QED) is 0.535. The standard InChI is InChI=1S/C14H24O2/c1-5-12(15)16-14(7-3)10-8-9-13(4,6-2)11-14/h5H,1,6-11H2,2-4H3. The van der Waals surface area contributed by atoms with E-state index in [2.05, 4.69) is 27.4 Å². The largest absolute Gasteiger partial charge is 0.456 e. The summed E-state index contributed by atoms with van der Waals surface area (Å²) in [6.45, 7) is 10.1. The molecule has 1 rings (SSSR count). The topological polar surface area (TPSA) is 26.3 Å². The van der Waals surface area contributed by atoms with Gasteiger partial charge in [0.05, 0.1) is 0 Å². The van der Waals surface area contributed by atoms with Gasteiger partial charge in [0.1, 0.15) is 5.60 Å². The highest BCUT2D eigenvalue weighted by molar-refractivity contribution is 5.81. The third-order valence-corrected chi connectivity index (χ3v) is 4.14. The van der Waals surface area contributed by atoms with E-state index >= 15 is 0 Å². The Morgan fingerprint density at radius 1 is 1.38 bits per heavy atom. The van der Waals surface area contributed by atoms with E-state index in [9.17, 15) is 4.79 Å². The smallest absolute Gasteiger partial charge is 0.330 e. The SMILES string of the molecule is C=CC(=O)OC1(CC)CCCC(C)(CC)C1. The predicted molar refractivity (Wildman–Crippen MR) is 66.2 cm³/mol. The molecular weight excluding hydrogens is 200 g/mol. The molecule has 16 heavy (non-hydrogen) atoms. The Balaban J connectivity index is 2.79. The van der Waals surface area contributed by atoms with Crippen LogP contribution in [0.4, 0.5) is 0 Å². The second kappa shape index (κ2) is 5.03. The Labute approximate surface area is 99.1 Å². The molecule has 0 amide bonds. The van der Waals surface area contributed by atoms with Crippen molar-refractivity contribution in [1.29, 1.82) is 0 Å². The first-order valence-electron chi connectivity index (χ1n) is 6.34. The average Bonchev–Trinajstić information content (AvgIpc) is 2.29. The molecule has 0 aromatic heterocycles. The third-order valence-electron chi connectivity index (χ3n) is 4.14. The highest BCUT2D eigenvalue weighted by atomic mass is 16.6. The van der Waals surface area contributed by atoms with Crippen molar-refractivity contribution >= 4 is 5.97 Å². The number of rotatable bonds is 4. The van der Waals surface area contributed by atoms with Gasteiger partial charge < -0.3 is 4.74 Å². The normalized spacial score (nSPS) is 34.4. The number of hydrogen-bond acceptors (Lipinski definition) is 2. The molecule has 0 heterocycles. The molecule has 2 atom stereocenters. The molecule has 2 unspecified atom stereocenters. The fraction of sp³-hybridized carbons (Fsp3) is 0.786. The summed E-state index contributed by atoms with van der Waals surface area (Å²) in [4.78, 5) is 11.4. The fourth-order valence-corrected chi connectivity index (χ4v) is 2.81. The fourth-order valence-electron chi connectivity index (χ4n) is 2.81. The summed E-state index contributed by atoms with van der Waals surface area (Å²) in [5, 5.41) is 0. The van der Waals surface area contributed by atoms with Crippen LogP contribution in [0.25, 0.3) is 0 Å². The van der Waals surface area contributed by atoms with Crippen LogP contribution in [0.1, 0.15) is 59.3 Å². The van der Waals surface area contributed by atoms with Crippen LogP contribution in [-0.4, -0.2) is 11.6 Å². The predicted octanol–water partition coefficient (Wildman–Crippen LogP) is 3.85. The summed E-state index contributed by atoms with van der Waals surface area (Å²) in [5.41, 5.74) is 0.0873. The maximum Gasteiger partial charge on any atom is 0.330 e. The van der Waals surface area contributed by atoms with E-state index in [1.807, 2.05) is 0 Å². The maximum atomic E-state index is 11.4. The van der Waals surface area contributed by atoms with E-state index < -0.39 is 0 Å². The van der Waals surface area contributed by atoms with Crippen molar-refractivity contribution in [3.8, 4) is 0 Å². The molecule has 2 nitrogen and oxygen atoms in total. The second-order valence-corrected chi connectivity index (χ2v) is 5.36. The summed E-state index contributed by atoms with van der Waals surface area (Å²) >= 11 is 0. The minimum atomic E-state index is -0.276. The summed E-state index contributed by atoms with van der Waals surface area (Å²) in [7, 11) is 0. The van der Waals surface area contributed by atoms with Gasteiger partial charge in [-0.05, 0) is 37.5 Å². The molecule has 0 aliphatic heterocycles. The number of ether oxygens (including phenoxy) is 1.